The third-order valence-corrected chi connectivity index (χ3v) is 4.67. The first kappa shape index (κ1) is 20.3. The van der Waals surface area contributed by atoms with E-state index in [1.807, 2.05) is 18.5 Å². The highest BCUT2D eigenvalue weighted by atomic mass is 35.5. The molecule has 0 aliphatic rings. The summed E-state index contributed by atoms with van der Waals surface area (Å²) in [6.45, 7) is 6.05. The molecule has 9 heteroatoms. The quantitative estimate of drug-likeness (QED) is 0.448. The minimum Gasteiger partial charge on any atom is -0.362 e. The van der Waals surface area contributed by atoms with Gasteiger partial charge in [-0.15, -0.1) is 0 Å². The Morgan fingerprint density at radius 2 is 1.96 bits per heavy atom. The number of halogens is 2. The van der Waals surface area contributed by atoms with Gasteiger partial charge in [-0.25, -0.2) is 4.39 Å². The number of hydrogen-bond acceptors (Lipinski definition) is 3. The molecule has 1 aromatic carbocycles. The topological polar surface area (TPSA) is 59.7 Å². The Labute approximate surface area is 173 Å². The van der Waals surface area contributed by atoms with E-state index in [0.29, 0.717) is 29.0 Å². The summed E-state index contributed by atoms with van der Waals surface area (Å²) in [6, 6.07) is 8.33. The second-order valence-electron chi connectivity index (χ2n) is 6.53. The fourth-order valence-corrected chi connectivity index (χ4v) is 3.22. The van der Waals surface area contributed by atoms with Gasteiger partial charge in [0.2, 0.25) is 0 Å². The van der Waals surface area contributed by atoms with E-state index in [9.17, 15) is 4.39 Å². The molecular formula is C19H22ClFN6S. The molecule has 0 aliphatic carbocycles. The number of anilines is 1. The molecule has 3 aromatic rings. The molecule has 2 heterocycles. The van der Waals surface area contributed by atoms with Crippen molar-refractivity contribution in [3.8, 4) is 0 Å². The van der Waals surface area contributed by atoms with Crippen LogP contribution in [0.4, 0.5) is 10.2 Å². The Morgan fingerprint density at radius 1 is 1.21 bits per heavy atom. The van der Waals surface area contributed by atoms with E-state index in [4.69, 9.17) is 23.8 Å². The summed E-state index contributed by atoms with van der Waals surface area (Å²) in [5.41, 5.74) is 3.10. The number of nitrogens with zero attached hydrogens (tertiary/aromatic N) is 4. The van der Waals surface area contributed by atoms with Crippen LogP contribution in [-0.2, 0) is 13.1 Å². The molecule has 0 saturated heterocycles. The lowest BCUT2D eigenvalue weighted by molar-refractivity contribution is 0.558. The summed E-state index contributed by atoms with van der Waals surface area (Å²) in [5, 5.41) is 15.9. The van der Waals surface area contributed by atoms with Gasteiger partial charge in [-0.05, 0) is 56.2 Å². The summed E-state index contributed by atoms with van der Waals surface area (Å²) < 4.78 is 16.7. The Kier molecular flexibility index (Phi) is 6.64. The number of hydrogen-bond donors (Lipinski definition) is 2. The molecule has 0 spiro atoms. The second kappa shape index (κ2) is 9.16. The van der Waals surface area contributed by atoms with Crippen LogP contribution in [0.15, 0.2) is 36.5 Å². The highest BCUT2D eigenvalue weighted by Gasteiger charge is 2.09. The summed E-state index contributed by atoms with van der Waals surface area (Å²) >= 11 is 11.6. The van der Waals surface area contributed by atoms with E-state index in [-0.39, 0.29) is 5.82 Å². The van der Waals surface area contributed by atoms with E-state index in [0.717, 1.165) is 29.9 Å². The first-order valence-electron chi connectivity index (χ1n) is 8.94. The van der Waals surface area contributed by atoms with Crippen LogP contribution in [0.2, 0.25) is 5.02 Å². The van der Waals surface area contributed by atoms with Crippen molar-refractivity contribution in [1.82, 2.24) is 24.9 Å². The van der Waals surface area contributed by atoms with E-state index in [1.165, 1.54) is 12.1 Å². The average Bonchev–Trinajstić information content (AvgIpc) is 3.14. The normalized spacial score (nSPS) is 10.9. The van der Waals surface area contributed by atoms with Gasteiger partial charge in [-0.1, -0.05) is 23.7 Å². The zero-order valence-electron chi connectivity index (χ0n) is 15.7. The predicted octanol–water partition coefficient (Wildman–Crippen LogP) is 3.91. The van der Waals surface area contributed by atoms with Crippen molar-refractivity contribution < 1.29 is 4.39 Å². The SMILES string of the molecule is Cc1cc(C)n(CCCNC(=S)Nc2nn(Cc3ccc(F)cc3)cc2Cl)n1. The van der Waals surface area contributed by atoms with Gasteiger partial charge in [0.15, 0.2) is 10.9 Å². The van der Waals surface area contributed by atoms with E-state index in [1.54, 1.807) is 23.0 Å². The third-order valence-electron chi connectivity index (χ3n) is 4.14. The molecule has 6 nitrogen and oxygen atoms in total. The summed E-state index contributed by atoms with van der Waals surface area (Å²) in [4.78, 5) is 0. The molecule has 0 aliphatic heterocycles. The van der Waals surface area contributed by atoms with Crippen LogP contribution in [0.25, 0.3) is 0 Å². The lowest BCUT2D eigenvalue weighted by Crippen LogP contribution is -2.30. The zero-order chi connectivity index (χ0) is 20.1. The van der Waals surface area contributed by atoms with Crippen LogP contribution >= 0.6 is 23.8 Å². The van der Waals surface area contributed by atoms with Gasteiger partial charge in [0, 0.05) is 25.0 Å². The smallest absolute Gasteiger partial charge is 0.173 e. The first-order chi connectivity index (χ1) is 13.4. The number of rotatable bonds is 7. The molecule has 28 heavy (non-hydrogen) atoms. The zero-order valence-corrected chi connectivity index (χ0v) is 17.3. The van der Waals surface area contributed by atoms with Crippen LogP contribution in [0.3, 0.4) is 0 Å². The number of aromatic nitrogens is 4. The molecule has 0 atom stereocenters. The standard InChI is InChI=1S/C19H22ClFN6S/c1-13-10-14(2)27(24-13)9-3-8-22-19(28)23-18-17(20)12-26(25-18)11-15-4-6-16(21)7-5-15/h4-7,10,12H,3,8-9,11H2,1-2H3,(H2,22,23,25,28). The van der Waals surface area contributed by atoms with Crippen LogP contribution in [0, 0.1) is 19.7 Å². The fraction of sp³-hybridized carbons (Fsp3) is 0.316. The Morgan fingerprint density at radius 3 is 2.64 bits per heavy atom. The van der Waals surface area contributed by atoms with Crippen molar-refractivity contribution in [1.29, 1.82) is 0 Å². The monoisotopic (exact) mass is 420 g/mol. The molecule has 0 radical (unpaired) electrons. The van der Waals surface area contributed by atoms with Crippen molar-refractivity contribution >= 4 is 34.7 Å². The molecule has 0 unspecified atom stereocenters. The molecule has 0 saturated carbocycles. The van der Waals surface area contributed by atoms with Crippen molar-refractivity contribution in [3.05, 3.63) is 64.3 Å². The van der Waals surface area contributed by atoms with Crippen molar-refractivity contribution in [2.24, 2.45) is 0 Å². The number of nitrogens with one attached hydrogen (secondary N) is 2. The minimum absolute atomic E-state index is 0.265. The number of aryl methyl sites for hydroxylation is 3. The maximum atomic E-state index is 13.0. The summed E-state index contributed by atoms with van der Waals surface area (Å²) in [7, 11) is 0. The molecule has 2 N–H and O–H groups in total. The van der Waals surface area contributed by atoms with E-state index in [2.05, 4.69) is 26.9 Å². The molecule has 0 amide bonds. The second-order valence-corrected chi connectivity index (χ2v) is 7.35. The predicted molar refractivity (Wildman–Crippen MR) is 113 cm³/mol. The van der Waals surface area contributed by atoms with Gasteiger partial charge < -0.3 is 10.6 Å². The van der Waals surface area contributed by atoms with Gasteiger partial charge in [0.05, 0.1) is 12.2 Å². The first-order valence-corrected chi connectivity index (χ1v) is 9.72. The Hall–Kier alpha value is -2.45. The minimum atomic E-state index is -0.265. The summed E-state index contributed by atoms with van der Waals surface area (Å²) in [6.07, 6.45) is 2.59. The van der Waals surface area contributed by atoms with Crippen LogP contribution in [-0.4, -0.2) is 31.2 Å². The highest BCUT2D eigenvalue weighted by Crippen LogP contribution is 2.20. The van der Waals surface area contributed by atoms with Crippen molar-refractivity contribution in [2.75, 3.05) is 11.9 Å². The largest absolute Gasteiger partial charge is 0.362 e. The maximum absolute atomic E-state index is 13.0. The molecule has 0 fully saturated rings. The third kappa shape index (κ3) is 5.53. The lowest BCUT2D eigenvalue weighted by atomic mass is 10.2. The van der Waals surface area contributed by atoms with Crippen molar-refractivity contribution in [3.63, 3.8) is 0 Å². The maximum Gasteiger partial charge on any atom is 0.173 e. The molecule has 148 valence electrons. The van der Waals surface area contributed by atoms with Crippen LogP contribution < -0.4 is 10.6 Å². The Bertz CT molecular complexity index is 950. The highest BCUT2D eigenvalue weighted by molar-refractivity contribution is 7.80. The van der Waals surface area contributed by atoms with Crippen LogP contribution in [0.5, 0.6) is 0 Å². The summed E-state index contributed by atoms with van der Waals surface area (Å²) in [5.74, 6) is 0.221. The van der Waals surface area contributed by atoms with Gasteiger partial charge in [-0.2, -0.15) is 10.2 Å². The van der Waals surface area contributed by atoms with Gasteiger partial charge in [0.25, 0.3) is 0 Å². The van der Waals surface area contributed by atoms with E-state index < -0.39 is 0 Å². The number of thiocarbonyl (C=S) groups is 1. The average molecular weight is 421 g/mol. The van der Waals surface area contributed by atoms with Gasteiger partial charge >= 0.3 is 0 Å². The molecule has 0 bridgehead atoms. The van der Waals surface area contributed by atoms with Gasteiger partial charge in [0.1, 0.15) is 10.8 Å². The number of benzene rings is 1. The van der Waals surface area contributed by atoms with Crippen LogP contribution in [0.1, 0.15) is 23.4 Å². The van der Waals surface area contributed by atoms with Gasteiger partial charge in [-0.3, -0.25) is 9.36 Å². The molecule has 2 aromatic heterocycles. The lowest BCUT2D eigenvalue weighted by Gasteiger charge is -2.09. The molecular weight excluding hydrogens is 399 g/mol. The van der Waals surface area contributed by atoms with E-state index >= 15 is 0 Å². The van der Waals surface area contributed by atoms with Crippen molar-refractivity contribution in [2.45, 2.75) is 33.4 Å². The molecule has 3 rings (SSSR count). The fourth-order valence-electron chi connectivity index (χ4n) is 2.82. The Balaban J connectivity index is 1.46.